The van der Waals surface area contributed by atoms with Gasteiger partial charge in [-0.3, -0.25) is 0 Å². The predicted molar refractivity (Wildman–Crippen MR) is 291 cm³/mol. The summed E-state index contributed by atoms with van der Waals surface area (Å²) in [6.45, 7) is 23.9. The average Bonchev–Trinajstić information content (AvgIpc) is 3.68. The fraction of sp³-hybridized carbons (Fsp3) is 0.500. The summed E-state index contributed by atoms with van der Waals surface area (Å²) >= 11 is 1.74. The molecule has 0 spiro atoms. The molecule has 2 fully saturated rings. The van der Waals surface area contributed by atoms with Gasteiger partial charge in [0.05, 0.1) is 16.1 Å². The quantitative estimate of drug-likeness (QED) is 0.0651. The number of rotatable bonds is 12. The number of halogens is 2. The molecule has 0 bridgehead atoms. The van der Waals surface area contributed by atoms with E-state index in [1.807, 2.05) is 0 Å². The second-order valence-electron chi connectivity index (χ2n) is 22.7. The fourth-order valence-corrected chi connectivity index (χ4v) is 13.8. The monoisotopic (exact) mass is 1050 g/mol. The van der Waals surface area contributed by atoms with E-state index in [2.05, 4.69) is 175 Å². The summed E-state index contributed by atoms with van der Waals surface area (Å²) in [4.78, 5) is 0. The molecular weight excluding hydrogens is 967 g/mol. The minimum absolute atomic E-state index is 0. The van der Waals surface area contributed by atoms with Gasteiger partial charge in [0.1, 0.15) is 0 Å². The Morgan fingerprint density at radius 1 is 0.500 bits per heavy atom. The van der Waals surface area contributed by atoms with Crippen molar-refractivity contribution in [3.63, 3.8) is 0 Å². The first-order valence-electron chi connectivity index (χ1n) is 25.6. The van der Waals surface area contributed by atoms with Crippen molar-refractivity contribution in [1.82, 2.24) is 0 Å². The van der Waals surface area contributed by atoms with E-state index < -0.39 is 16.1 Å². The van der Waals surface area contributed by atoms with E-state index >= 15 is 0 Å². The standard InChI is InChI=1S/2C29H39Si.C2H6Si.2ClH.Zr/c2*1-5-17-29(18-8-6-7-9-19-29)22-23-20-25-11-10-12-27(28(25)21-23)24-13-15-26(16-14-24)30(2,3)4;1-3-2;;;/h2*10-16,20-21H,5-9,17-19,22H2,1-4H3;1-2H3;2*1H;/q2*-1;;;;+2/p-2. The minimum atomic E-state index is -1.25. The Morgan fingerprint density at radius 3 is 1.11 bits per heavy atom. The molecule has 2 aliphatic rings. The molecule has 0 unspecified atom stereocenters. The molecule has 0 atom stereocenters. The summed E-state index contributed by atoms with van der Waals surface area (Å²) in [5.41, 5.74) is 9.91. The summed E-state index contributed by atoms with van der Waals surface area (Å²) in [5.74, 6) is 0. The first-order valence-corrected chi connectivity index (χ1v) is 38.8. The van der Waals surface area contributed by atoms with E-state index in [4.69, 9.17) is 0 Å². The van der Waals surface area contributed by atoms with Gasteiger partial charge >= 0.3 is 41.9 Å². The zero-order valence-corrected chi connectivity index (χ0v) is 49.8. The number of fused-ring (bicyclic) bond motifs is 2. The Balaban J connectivity index is 0.000000260. The molecule has 0 saturated heterocycles. The topological polar surface area (TPSA) is 0 Å². The molecule has 0 N–H and O–H groups in total. The van der Waals surface area contributed by atoms with Crippen molar-refractivity contribution in [2.24, 2.45) is 10.8 Å². The fourth-order valence-electron chi connectivity index (χ4n) is 11.5. The summed E-state index contributed by atoms with van der Waals surface area (Å²) in [7, 11) is -2.50. The first kappa shape index (κ1) is 56.8. The van der Waals surface area contributed by atoms with Gasteiger partial charge in [-0.25, -0.2) is 0 Å². The number of hydrogen-bond donors (Lipinski definition) is 0. The van der Waals surface area contributed by atoms with Crippen LogP contribution in [0.1, 0.15) is 128 Å². The third-order valence-electron chi connectivity index (χ3n) is 14.8. The van der Waals surface area contributed by atoms with Gasteiger partial charge in [-0.15, -0.1) is 69.1 Å². The second-order valence-corrected chi connectivity index (χ2v) is 42.2. The van der Waals surface area contributed by atoms with E-state index in [1.165, 1.54) is 170 Å². The molecule has 8 rings (SSSR count). The molecular formula is C60H84Cl2Si3Zr-2. The summed E-state index contributed by atoms with van der Waals surface area (Å²) in [6, 6.07) is 42.5. The van der Waals surface area contributed by atoms with Crippen LogP contribution < -0.4 is 35.2 Å². The molecule has 66 heavy (non-hydrogen) atoms. The first-order chi connectivity index (χ1) is 30.5. The van der Waals surface area contributed by atoms with Gasteiger partial charge in [0.15, 0.2) is 0 Å². The van der Waals surface area contributed by atoms with Crippen molar-refractivity contribution in [2.75, 3.05) is 0 Å². The van der Waals surface area contributed by atoms with E-state index in [-0.39, 0.29) is 30.2 Å². The predicted octanol–water partition coefficient (Wildman–Crippen LogP) is 11.7. The molecule has 0 amide bonds. The van der Waals surface area contributed by atoms with Crippen LogP contribution in [-0.4, -0.2) is 21.6 Å². The minimum Gasteiger partial charge on any atom is -1.00 e. The molecule has 356 valence electrons. The molecule has 0 aromatic heterocycles. The van der Waals surface area contributed by atoms with Crippen LogP contribution in [0.2, 0.25) is 52.4 Å². The van der Waals surface area contributed by atoms with Crippen molar-refractivity contribution >= 4 is 53.5 Å². The van der Waals surface area contributed by atoms with Crippen LogP contribution in [0.3, 0.4) is 0 Å². The number of benzene rings is 4. The molecule has 0 heterocycles. The molecule has 0 radical (unpaired) electrons. The van der Waals surface area contributed by atoms with E-state index in [0.29, 0.717) is 10.8 Å². The van der Waals surface area contributed by atoms with Crippen LogP contribution in [0.15, 0.2) is 109 Å². The molecule has 6 aromatic carbocycles. The van der Waals surface area contributed by atoms with Gasteiger partial charge < -0.3 is 24.8 Å². The van der Waals surface area contributed by atoms with Crippen molar-refractivity contribution in [3.8, 4) is 22.3 Å². The normalized spacial score (nSPS) is 16.1. The number of hydrogen-bond acceptors (Lipinski definition) is 0. The zero-order valence-electron chi connectivity index (χ0n) is 42.9. The van der Waals surface area contributed by atoms with Crippen LogP contribution >= 0.6 is 0 Å². The van der Waals surface area contributed by atoms with Gasteiger partial charge in [-0.2, -0.15) is 12.1 Å². The summed E-state index contributed by atoms with van der Waals surface area (Å²) in [5, 5.41) is 8.78. The van der Waals surface area contributed by atoms with Gasteiger partial charge in [0, 0.05) is 0 Å². The maximum atomic E-state index is 2.51. The molecule has 2 saturated carbocycles. The molecule has 6 heteroatoms. The van der Waals surface area contributed by atoms with Crippen LogP contribution in [0.25, 0.3) is 43.8 Å². The Bertz CT molecular complexity index is 2210. The molecule has 0 nitrogen and oxygen atoms in total. The Morgan fingerprint density at radius 2 is 0.818 bits per heavy atom. The largest absolute Gasteiger partial charge is 1.00 e. The van der Waals surface area contributed by atoms with Crippen molar-refractivity contribution in [2.45, 2.75) is 182 Å². The zero-order chi connectivity index (χ0) is 46.0. The molecule has 0 aliphatic heterocycles. The Hall–Kier alpha value is -1.79. The average molecular weight is 1050 g/mol. The summed E-state index contributed by atoms with van der Waals surface area (Å²) < 4.78 is 0. The van der Waals surface area contributed by atoms with E-state index in [1.54, 1.807) is 34.5 Å². The van der Waals surface area contributed by atoms with Crippen LogP contribution in [0.5, 0.6) is 0 Å². The maximum Gasteiger partial charge on any atom is -1.00 e. The van der Waals surface area contributed by atoms with E-state index in [0.717, 1.165) is 0 Å². The van der Waals surface area contributed by atoms with Crippen LogP contribution in [-0.2, 0) is 36.2 Å². The van der Waals surface area contributed by atoms with Gasteiger partial charge in [0.25, 0.3) is 0 Å². The molecule has 6 aromatic rings. The van der Waals surface area contributed by atoms with Crippen LogP contribution in [0.4, 0.5) is 0 Å². The SMILES string of the molecule is CCCC1(Cc2cc3c(-c4ccc([Si](C)(C)C)cc4)cccc3[cH-]2)CCCCCC1.CCCC1(Cc2cc3c(-c4ccc([Si](C)(C)C)cc4)cccc3[cH-]2)CCCCCC1.C[Si](C)=[Zr+2].[Cl-].[Cl-]. The Labute approximate surface area is 433 Å². The molecule has 2 aliphatic carbocycles. The Kier molecular flexibility index (Phi) is 22.3. The van der Waals surface area contributed by atoms with Crippen molar-refractivity contribution < 1.29 is 48.1 Å². The third-order valence-corrected chi connectivity index (χ3v) is 18.9. The van der Waals surface area contributed by atoms with E-state index in [9.17, 15) is 0 Å². The maximum absolute atomic E-state index is 2.51. The van der Waals surface area contributed by atoms with Crippen molar-refractivity contribution in [3.05, 3.63) is 120 Å². The van der Waals surface area contributed by atoms with Gasteiger partial charge in [0.2, 0.25) is 0 Å². The smallest absolute Gasteiger partial charge is 1.00 e. The third kappa shape index (κ3) is 15.6. The van der Waals surface area contributed by atoms with Gasteiger partial charge in [-0.1, -0.05) is 200 Å². The van der Waals surface area contributed by atoms with Gasteiger partial charge in [-0.05, 0) is 73.3 Å². The van der Waals surface area contributed by atoms with Crippen LogP contribution in [0, 0.1) is 10.8 Å². The second kappa shape index (κ2) is 25.9. The van der Waals surface area contributed by atoms with Crippen molar-refractivity contribution in [1.29, 1.82) is 0 Å². The summed E-state index contributed by atoms with van der Waals surface area (Å²) in [6.07, 6.45) is 25.1.